The van der Waals surface area contributed by atoms with Gasteiger partial charge in [0.2, 0.25) is 5.88 Å². The molecule has 0 unspecified atom stereocenters. The van der Waals surface area contributed by atoms with E-state index in [0.717, 1.165) is 37.4 Å². The van der Waals surface area contributed by atoms with Crippen molar-refractivity contribution < 1.29 is 4.74 Å². The predicted molar refractivity (Wildman–Crippen MR) is 79.9 cm³/mol. The monoisotopic (exact) mass is 275 g/mol. The van der Waals surface area contributed by atoms with E-state index >= 15 is 0 Å². The SMILES string of the molecule is NCc1cc2c(nc1OCCN1CCCC1)CCCC2. The third-order valence-corrected chi connectivity index (χ3v) is 4.40. The molecule has 1 fully saturated rings. The molecule has 110 valence electrons. The molecule has 3 rings (SSSR count). The Labute approximate surface area is 121 Å². The van der Waals surface area contributed by atoms with Gasteiger partial charge >= 0.3 is 0 Å². The second kappa shape index (κ2) is 6.55. The molecular formula is C16H25N3O. The summed E-state index contributed by atoms with van der Waals surface area (Å²) in [6, 6.07) is 2.21. The Balaban J connectivity index is 1.64. The van der Waals surface area contributed by atoms with Gasteiger partial charge in [0.1, 0.15) is 6.61 Å². The van der Waals surface area contributed by atoms with Gasteiger partial charge in [0.25, 0.3) is 0 Å². The molecule has 2 aliphatic rings. The van der Waals surface area contributed by atoms with Crippen molar-refractivity contribution in [3.63, 3.8) is 0 Å². The van der Waals surface area contributed by atoms with Crippen LogP contribution in [0.3, 0.4) is 0 Å². The van der Waals surface area contributed by atoms with E-state index in [1.54, 1.807) is 0 Å². The molecule has 1 aliphatic carbocycles. The van der Waals surface area contributed by atoms with E-state index in [0.29, 0.717) is 6.54 Å². The highest BCUT2D eigenvalue weighted by Gasteiger charge is 2.16. The molecule has 4 heteroatoms. The maximum absolute atomic E-state index is 5.92. The van der Waals surface area contributed by atoms with E-state index in [2.05, 4.69) is 11.0 Å². The topological polar surface area (TPSA) is 51.4 Å². The summed E-state index contributed by atoms with van der Waals surface area (Å²) in [6.07, 6.45) is 7.39. The van der Waals surface area contributed by atoms with Crippen LogP contribution in [0, 0.1) is 0 Å². The average Bonchev–Trinajstić information content (AvgIpc) is 3.00. The molecule has 0 radical (unpaired) electrons. The molecular weight excluding hydrogens is 250 g/mol. The van der Waals surface area contributed by atoms with Crippen LogP contribution in [-0.4, -0.2) is 36.1 Å². The fourth-order valence-electron chi connectivity index (χ4n) is 3.21. The molecule has 1 saturated heterocycles. The second-order valence-corrected chi connectivity index (χ2v) is 5.87. The van der Waals surface area contributed by atoms with Gasteiger partial charge in [-0.25, -0.2) is 4.98 Å². The van der Waals surface area contributed by atoms with Crippen molar-refractivity contribution in [3.8, 4) is 5.88 Å². The lowest BCUT2D eigenvalue weighted by atomic mass is 9.95. The Morgan fingerprint density at radius 1 is 1.15 bits per heavy atom. The molecule has 0 spiro atoms. The summed E-state index contributed by atoms with van der Waals surface area (Å²) < 4.78 is 5.92. The number of aromatic nitrogens is 1. The fraction of sp³-hybridized carbons (Fsp3) is 0.688. The van der Waals surface area contributed by atoms with Gasteiger partial charge in [-0.2, -0.15) is 0 Å². The van der Waals surface area contributed by atoms with Crippen LogP contribution >= 0.6 is 0 Å². The number of fused-ring (bicyclic) bond motifs is 1. The van der Waals surface area contributed by atoms with Gasteiger partial charge in [-0.15, -0.1) is 0 Å². The molecule has 1 aliphatic heterocycles. The first kappa shape index (κ1) is 13.8. The number of pyridine rings is 1. The Morgan fingerprint density at radius 3 is 2.75 bits per heavy atom. The standard InChI is InChI=1S/C16H25N3O/c17-12-14-11-13-5-1-2-6-15(13)18-16(14)20-10-9-19-7-3-4-8-19/h11H,1-10,12,17H2. The first-order valence-corrected chi connectivity index (χ1v) is 7.93. The Hall–Kier alpha value is -1.13. The fourth-order valence-corrected chi connectivity index (χ4v) is 3.21. The van der Waals surface area contributed by atoms with Crippen LogP contribution in [0.1, 0.15) is 42.5 Å². The molecule has 2 heterocycles. The van der Waals surface area contributed by atoms with Gasteiger partial charge in [0.05, 0.1) is 0 Å². The second-order valence-electron chi connectivity index (χ2n) is 5.87. The number of rotatable bonds is 5. The van der Waals surface area contributed by atoms with E-state index in [1.165, 1.54) is 50.0 Å². The van der Waals surface area contributed by atoms with E-state index in [9.17, 15) is 0 Å². The van der Waals surface area contributed by atoms with E-state index < -0.39 is 0 Å². The molecule has 0 saturated carbocycles. The van der Waals surface area contributed by atoms with Crippen molar-refractivity contribution in [2.45, 2.75) is 45.1 Å². The van der Waals surface area contributed by atoms with Gasteiger partial charge in [0.15, 0.2) is 0 Å². The number of hydrogen-bond acceptors (Lipinski definition) is 4. The van der Waals surface area contributed by atoms with Crippen LogP contribution < -0.4 is 10.5 Å². The predicted octanol–water partition coefficient (Wildman–Crippen LogP) is 1.89. The molecule has 20 heavy (non-hydrogen) atoms. The lowest BCUT2D eigenvalue weighted by molar-refractivity contribution is 0.230. The molecule has 0 amide bonds. The highest BCUT2D eigenvalue weighted by atomic mass is 16.5. The summed E-state index contributed by atoms with van der Waals surface area (Å²) in [7, 11) is 0. The van der Waals surface area contributed by atoms with Crippen molar-refractivity contribution in [3.05, 3.63) is 22.9 Å². The van der Waals surface area contributed by atoms with Crippen molar-refractivity contribution in [2.24, 2.45) is 5.73 Å². The first-order chi connectivity index (χ1) is 9.86. The zero-order valence-electron chi connectivity index (χ0n) is 12.2. The first-order valence-electron chi connectivity index (χ1n) is 7.93. The van der Waals surface area contributed by atoms with Gasteiger partial charge in [-0.05, 0) is 63.2 Å². The summed E-state index contributed by atoms with van der Waals surface area (Å²) >= 11 is 0. The summed E-state index contributed by atoms with van der Waals surface area (Å²) in [6.45, 7) is 4.66. The average molecular weight is 275 g/mol. The van der Waals surface area contributed by atoms with Crippen LogP contribution in [-0.2, 0) is 19.4 Å². The summed E-state index contributed by atoms with van der Waals surface area (Å²) in [5.74, 6) is 0.771. The summed E-state index contributed by atoms with van der Waals surface area (Å²) in [4.78, 5) is 7.19. The lowest BCUT2D eigenvalue weighted by Crippen LogP contribution is -2.25. The quantitative estimate of drug-likeness (QED) is 0.891. The third kappa shape index (κ3) is 3.13. The summed E-state index contributed by atoms with van der Waals surface area (Å²) in [5.41, 5.74) is 9.51. The number of nitrogens with zero attached hydrogens (tertiary/aromatic N) is 2. The smallest absolute Gasteiger partial charge is 0.218 e. The van der Waals surface area contributed by atoms with E-state index in [-0.39, 0.29) is 0 Å². The minimum Gasteiger partial charge on any atom is -0.476 e. The number of hydrogen-bond donors (Lipinski definition) is 1. The molecule has 0 bridgehead atoms. The van der Waals surface area contributed by atoms with Gasteiger partial charge < -0.3 is 10.5 Å². The lowest BCUT2D eigenvalue weighted by Gasteiger charge is -2.19. The van der Waals surface area contributed by atoms with Crippen LogP contribution in [0.25, 0.3) is 0 Å². The van der Waals surface area contributed by atoms with Crippen molar-refractivity contribution in [2.75, 3.05) is 26.2 Å². The minimum atomic E-state index is 0.513. The Morgan fingerprint density at radius 2 is 1.95 bits per heavy atom. The van der Waals surface area contributed by atoms with Gasteiger partial charge in [-0.3, -0.25) is 4.90 Å². The largest absolute Gasteiger partial charge is 0.476 e. The number of likely N-dealkylation sites (tertiary alicyclic amines) is 1. The van der Waals surface area contributed by atoms with Crippen LogP contribution in [0.15, 0.2) is 6.07 Å². The zero-order chi connectivity index (χ0) is 13.8. The van der Waals surface area contributed by atoms with Crippen LogP contribution in [0.4, 0.5) is 0 Å². The van der Waals surface area contributed by atoms with Gasteiger partial charge in [0, 0.05) is 24.3 Å². The van der Waals surface area contributed by atoms with Crippen molar-refractivity contribution >= 4 is 0 Å². The van der Waals surface area contributed by atoms with Gasteiger partial charge in [-0.1, -0.05) is 0 Å². The minimum absolute atomic E-state index is 0.513. The van der Waals surface area contributed by atoms with E-state index in [4.69, 9.17) is 15.5 Å². The number of ether oxygens (including phenoxy) is 1. The molecule has 2 N–H and O–H groups in total. The Kier molecular flexibility index (Phi) is 4.53. The molecule has 1 aromatic rings. The van der Waals surface area contributed by atoms with Crippen molar-refractivity contribution in [1.29, 1.82) is 0 Å². The highest BCUT2D eigenvalue weighted by Crippen LogP contribution is 2.25. The number of nitrogens with two attached hydrogens (primary N) is 1. The number of aryl methyl sites for hydroxylation is 2. The normalized spacial score (nSPS) is 19.1. The summed E-state index contributed by atoms with van der Waals surface area (Å²) in [5, 5.41) is 0. The van der Waals surface area contributed by atoms with Crippen LogP contribution in [0.5, 0.6) is 5.88 Å². The molecule has 0 atom stereocenters. The van der Waals surface area contributed by atoms with Crippen LogP contribution in [0.2, 0.25) is 0 Å². The third-order valence-electron chi connectivity index (χ3n) is 4.40. The molecule has 4 nitrogen and oxygen atoms in total. The van der Waals surface area contributed by atoms with Crippen molar-refractivity contribution in [1.82, 2.24) is 9.88 Å². The zero-order valence-corrected chi connectivity index (χ0v) is 12.2. The maximum Gasteiger partial charge on any atom is 0.218 e. The molecule has 1 aromatic heterocycles. The highest BCUT2D eigenvalue weighted by molar-refractivity contribution is 5.35. The van der Waals surface area contributed by atoms with E-state index in [1.807, 2.05) is 0 Å². The Bertz CT molecular complexity index is 455. The molecule has 0 aromatic carbocycles. The maximum atomic E-state index is 5.92.